The molecule has 0 aliphatic carbocycles. The minimum Gasteiger partial charge on any atom is -0.295 e. The fourth-order valence-electron chi connectivity index (χ4n) is 1.83. The van der Waals surface area contributed by atoms with Crippen molar-refractivity contribution in [2.75, 3.05) is 11.5 Å². The van der Waals surface area contributed by atoms with Crippen LogP contribution in [0.1, 0.15) is 18.0 Å². The number of aromatic nitrogens is 2. The van der Waals surface area contributed by atoms with Crippen molar-refractivity contribution in [3.63, 3.8) is 0 Å². The van der Waals surface area contributed by atoms with E-state index in [2.05, 4.69) is 0 Å². The molecule has 0 spiro atoms. The predicted molar refractivity (Wildman–Crippen MR) is 58.3 cm³/mol. The zero-order valence-corrected chi connectivity index (χ0v) is 9.53. The Bertz CT molecular complexity index is 707. The Morgan fingerprint density at radius 3 is 2.71 bits per heavy atom. The minimum absolute atomic E-state index is 0.0190. The maximum Gasteiger partial charge on any atom is 0.328 e. The number of aromatic amines is 1. The maximum atomic E-state index is 11.5. The maximum absolute atomic E-state index is 11.5. The minimum atomic E-state index is -3.12. The SMILES string of the molecule is N#Cc1cn(C2CCS(=O)(=O)C2)c(=O)[nH]c1=O. The van der Waals surface area contributed by atoms with E-state index < -0.39 is 27.1 Å². The van der Waals surface area contributed by atoms with Crippen molar-refractivity contribution in [3.05, 3.63) is 32.6 Å². The smallest absolute Gasteiger partial charge is 0.295 e. The Kier molecular flexibility index (Phi) is 2.63. The molecule has 1 aliphatic heterocycles. The van der Waals surface area contributed by atoms with E-state index in [0.29, 0.717) is 6.42 Å². The molecule has 0 aromatic carbocycles. The summed E-state index contributed by atoms with van der Waals surface area (Å²) in [5, 5.41) is 8.68. The van der Waals surface area contributed by atoms with Crippen LogP contribution < -0.4 is 11.2 Å². The molecular weight excluding hydrogens is 246 g/mol. The van der Waals surface area contributed by atoms with Crippen LogP contribution in [0.25, 0.3) is 0 Å². The molecule has 1 aromatic rings. The molecular formula is C9H9N3O4S. The summed E-state index contributed by atoms with van der Waals surface area (Å²) in [4.78, 5) is 24.7. The van der Waals surface area contributed by atoms with Gasteiger partial charge in [0.15, 0.2) is 9.84 Å². The highest BCUT2D eigenvalue weighted by Gasteiger charge is 2.30. The summed E-state index contributed by atoms with van der Waals surface area (Å²) in [5.41, 5.74) is -1.64. The highest BCUT2D eigenvalue weighted by molar-refractivity contribution is 7.91. The first-order valence-corrected chi connectivity index (χ1v) is 6.71. The Labute approximate surface area is 96.2 Å². The van der Waals surface area contributed by atoms with Crippen LogP contribution in [0.2, 0.25) is 0 Å². The van der Waals surface area contributed by atoms with Gasteiger partial charge in [-0.05, 0) is 6.42 Å². The molecule has 8 heteroatoms. The van der Waals surface area contributed by atoms with Gasteiger partial charge in [-0.2, -0.15) is 5.26 Å². The van der Waals surface area contributed by atoms with E-state index in [-0.39, 0.29) is 17.1 Å². The van der Waals surface area contributed by atoms with E-state index in [1.54, 1.807) is 6.07 Å². The Balaban J connectivity index is 2.52. The zero-order chi connectivity index (χ0) is 12.6. The Morgan fingerprint density at radius 2 is 2.18 bits per heavy atom. The number of rotatable bonds is 1. The molecule has 90 valence electrons. The van der Waals surface area contributed by atoms with Crippen LogP contribution in [0.4, 0.5) is 0 Å². The molecule has 1 fully saturated rings. The van der Waals surface area contributed by atoms with Gasteiger partial charge in [-0.1, -0.05) is 0 Å². The van der Waals surface area contributed by atoms with Crippen LogP contribution in [0.5, 0.6) is 0 Å². The van der Waals surface area contributed by atoms with Gasteiger partial charge in [0, 0.05) is 6.20 Å². The van der Waals surface area contributed by atoms with E-state index in [1.165, 1.54) is 0 Å². The van der Waals surface area contributed by atoms with Gasteiger partial charge in [0.05, 0.1) is 17.5 Å². The topological polar surface area (TPSA) is 113 Å². The monoisotopic (exact) mass is 255 g/mol. The van der Waals surface area contributed by atoms with Gasteiger partial charge in [0.25, 0.3) is 5.56 Å². The van der Waals surface area contributed by atoms with Gasteiger partial charge in [-0.15, -0.1) is 0 Å². The summed E-state index contributed by atoms with van der Waals surface area (Å²) in [6.07, 6.45) is 1.44. The molecule has 2 rings (SSSR count). The summed E-state index contributed by atoms with van der Waals surface area (Å²) in [6, 6.07) is 1.15. The fourth-order valence-corrected chi connectivity index (χ4v) is 3.54. The third kappa shape index (κ3) is 2.14. The second kappa shape index (κ2) is 3.85. The first-order valence-electron chi connectivity index (χ1n) is 4.89. The normalized spacial score (nSPS) is 22.2. The van der Waals surface area contributed by atoms with E-state index in [0.717, 1.165) is 10.8 Å². The highest BCUT2D eigenvalue weighted by atomic mass is 32.2. The van der Waals surface area contributed by atoms with Crippen LogP contribution in [-0.4, -0.2) is 29.5 Å². The van der Waals surface area contributed by atoms with E-state index in [1.807, 2.05) is 4.98 Å². The summed E-state index contributed by atoms with van der Waals surface area (Å²) in [7, 11) is -3.12. The van der Waals surface area contributed by atoms with Crippen molar-refractivity contribution in [2.45, 2.75) is 12.5 Å². The molecule has 17 heavy (non-hydrogen) atoms. The van der Waals surface area contributed by atoms with Gasteiger partial charge in [-0.3, -0.25) is 14.3 Å². The summed E-state index contributed by atoms with van der Waals surface area (Å²) >= 11 is 0. The first-order chi connectivity index (χ1) is 7.93. The van der Waals surface area contributed by atoms with Crippen LogP contribution in [0.3, 0.4) is 0 Å². The average Bonchev–Trinajstić information content (AvgIpc) is 2.59. The summed E-state index contributed by atoms with van der Waals surface area (Å²) in [5.74, 6) is -0.116. The van der Waals surface area contributed by atoms with E-state index >= 15 is 0 Å². The first kappa shape index (κ1) is 11.6. The third-order valence-corrected chi connectivity index (χ3v) is 4.44. The molecule has 7 nitrogen and oxygen atoms in total. The number of nitrogens with zero attached hydrogens (tertiary/aromatic N) is 2. The van der Waals surface area contributed by atoms with Crippen LogP contribution >= 0.6 is 0 Å². The molecule has 2 heterocycles. The molecule has 1 saturated heterocycles. The number of hydrogen-bond donors (Lipinski definition) is 1. The number of hydrogen-bond acceptors (Lipinski definition) is 5. The molecule has 1 atom stereocenters. The van der Waals surface area contributed by atoms with Gasteiger partial charge >= 0.3 is 5.69 Å². The third-order valence-electron chi connectivity index (χ3n) is 2.69. The second-order valence-electron chi connectivity index (χ2n) is 3.88. The molecule has 1 N–H and O–H groups in total. The zero-order valence-electron chi connectivity index (χ0n) is 8.71. The van der Waals surface area contributed by atoms with Crippen molar-refractivity contribution < 1.29 is 8.42 Å². The van der Waals surface area contributed by atoms with Crippen molar-refractivity contribution in [2.24, 2.45) is 0 Å². The van der Waals surface area contributed by atoms with Gasteiger partial charge in [-0.25, -0.2) is 13.2 Å². The van der Waals surface area contributed by atoms with Crippen molar-refractivity contribution in [3.8, 4) is 6.07 Å². The molecule has 0 saturated carbocycles. The lowest BCUT2D eigenvalue weighted by molar-refractivity contribution is 0.524. The quantitative estimate of drug-likeness (QED) is 0.675. The summed E-state index contributed by atoms with van der Waals surface area (Å²) in [6.45, 7) is 0. The average molecular weight is 255 g/mol. The van der Waals surface area contributed by atoms with Crippen LogP contribution in [0, 0.1) is 11.3 Å². The highest BCUT2D eigenvalue weighted by Crippen LogP contribution is 2.21. The molecule has 0 amide bonds. The van der Waals surface area contributed by atoms with Crippen LogP contribution in [0.15, 0.2) is 15.8 Å². The largest absolute Gasteiger partial charge is 0.328 e. The standard InChI is InChI=1S/C9H9N3O4S/c10-3-6-4-12(9(14)11-8(6)13)7-1-2-17(15,16)5-7/h4,7H,1-2,5H2,(H,11,13,14). The lowest BCUT2D eigenvalue weighted by Crippen LogP contribution is -2.33. The number of sulfone groups is 1. The molecule has 0 radical (unpaired) electrons. The molecule has 1 aliphatic rings. The predicted octanol–water partition coefficient (Wildman–Crippen LogP) is -1.23. The molecule has 0 bridgehead atoms. The van der Waals surface area contributed by atoms with Gasteiger partial charge in [0.2, 0.25) is 0 Å². The fraction of sp³-hybridized carbons (Fsp3) is 0.444. The van der Waals surface area contributed by atoms with Crippen molar-refractivity contribution >= 4 is 9.84 Å². The number of H-pyrrole nitrogens is 1. The molecule has 1 aromatic heterocycles. The van der Waals surface area contributed by atoms with E-state index in [4.69, 9.17) is 5.26 Å². The number of nitriles is 1. The van der Waals surface area contributed by atoms with Crippen molar-refractivity contribution in [1.82, 2.24) is 9.55 Å². The lowest BCUT2D eigenvalue weighted by Gasteiger charge is -2.10. The Hall–Kier alpha value is -1.88. The lowest BCUT2D eigenvalue weighted by atomic mass is 10.2. The van der Waals surface area contributed by atoms with Crippen molar-refractivity contribution in [1.29, 1.82) is 5.26 Å². The van der Waals surface area contributed by atoms with Gasteiger partial charge in [0.1, 0.15) is 11.6 Å². The Morgan fingerprint density at radius 1 is 1.47 bits per heavy atom. The second-order valence-corrected chi connectivity index (χ2v) is 6.11. The van der Waals surface area contributed by atoms with E-state index in [9.17, 15) is 18.0 Å². The van der Waals surface area contributed by atoms with Gasteiger partial charge < -0.3 is 0 Å². The molecule has 1 unspecified atom stereocenters. The summed E-state index contributed by atoms with van der Waals surface area (Å²) < 4.78 is 23.7. The number of nitrogens with one attached hydrogen (secondary N) is 1. The van der Waals surface area contributed by atoms with Crippen LogP contribution in [-0.2, 0) is 9.84 Å².